The van der Waals surface area contributed by atoms with Crippen molar-refractivity contribution in [2.75, 3.05) is 6.61 Å². The zero-order valence-electron chi connectivity index (χ0n) is 7.85. The molecule has 6 nitrogen and oxygen atoms in total. The minimum absolute atomic E-state index is 0.180. The fourth-order valence-electron chi connectivity index (χ4n) is 1.17. The van der Waals surface area contributed by atoms with Crippen LogP contribution in [0.3, 0.4) is 0 Å². The van der Waals surface area contributed by atoms with Crippen LogP contribution in [0.5, 0.6) is 5.75 Å². The van der Waals surface area contributed by atoms with Crippen molar-refractivity contribution in [3.8, 4) is 5.75 Å². The van der Waals surface area contributed by atoms with Gasteiger partial charge in [0.2, 0.25) is 11.6 Å². The number of aromatic hydroxyl groups is 1. The van der Waals surface area contributed by atoms with Gasteiger partial charge in [0, 0.05) is 5.56 Å². The predicted molar refractivity (Wildman–Crippen MR) is 53.7 cm³/mol. The van der Waals surface area contributed by atoms with E-state index in [1.807, 2.05) is 0 Å². The summed E-state index contributed by atoms with van der Waals surface area (Å²) in [6, 6.07) is -0.128. The van der Waals surface area contributed by atoms with Crippen molar-refractivity contribution in [3.63, 3.8) is 0 Å². The van der Waals surface area contributed by atoms with Gasteiger partial charge in [0.15, 0.2) is 0 Å². The quantitative estimate of drug-likeness (QED) is 0.549. The Morgan fingerprint density at radius 3 is 2.69 bits per heavy atom. The summed E-state index contributed by atoms with van der Waals surface area (Å²) in [5.74, 6) is -2.26. The zero-order valence-corrected chi connectivity index (χ0v) is 8.61. The Morgan fingerprint density at radius 2 is 2.25 bits per heavy atom. The SMILES string of the molecule is N[C@@H](CO)c1cc(Cl)c(F)c([N+](=O)[O-])c1O. The fourth-order valence-corrected chi connectivity index (χ4v) is 1.38. The predicted octanol–water partition coefficient (Wildman–Crippen LogP) is 1.08. The minimum Gasteiger partial charge on any atom is -0.502 e. The molecule has 0 bridgehead atoms. The minimum atomic E-state index is -1.34. The number of hydrogen-bond acceptors (Lipinski definition) is 5. The van der Waals surface area contributed by atoms with Crippen molar-refractivity contribution in [2.24, 2.45) is 5.73 Å². The summed E-state index contributed by atoms with van der Waals surface area (Å²) in [4.78, 5) is 9.39. The second-order valence-corrected chi connectivity index (χ2v) is 3.41. The molecule has 0 saturated carbocycles. The Hall–Kier alpha value is -1.44. The zero-order chi connectivity index (χ0) is 12.5. The van der Waals surface area contributed by atoms with Gasteiger partial charge in [0.1, 0.15) is 0 Å². The summed E-state index contributed by atoms with van der Waals surface area (Å²) in [5, 5.41) is 28.2. The maximum Gasteiger partial charge on any atom is 0.347 e. The smallest absolute Gasteiger partial charge is 0.347 e. The molecule has 0 aliphatic carbocycles. The van der Waals surface area contributed by atoms with E-state index in [0.29, 0.717) is 0 Å². The Balaban J connectivity index is 3.50. The topological polar surface area (TPSA) is 110 Å². The van der Waals surface area contributed by atoms with Crippen molar-refractivity contribution in [1.82, 2.24) is 0 Å². The highest BCUT2D eigenvalue weighted by atomic mass is 35.5. The van der Waals surface area contributed by atoms with Crippen LogP contribution >= 0.6 is 11.6 Å². The normalized spacial score (nSPS) is 12.5. The van der Waals surface area contributed by atoms with Gasteiger partial charge < -0.3 is 15.9 Å². The number of benzene rings is 1. The van der Waals surface area contributed by atoms with Crippen LogP contribution in [0.25, 0.3) is 0 Å². The molecule has 8 heteroatoms. The molecular weight excluding hydrogens is 243 g/mol. The lowest BCUT2D eigenvalue weighted by molar-refractivity contribution is -0.388. The van der Waals surface area contributed by atoms with E-state index in [1.54, 1.807) is 0 Å². The van der Waals surface area contributed by atoms with Crippen LogP contribution in [0, 0.1) is 15.9 Å². The van der Waals surface area contributed by atoms with Crippen molar-refractivity contribution in [3.05, 3.63) is 32.6 Å². The maximum atomic E-state index is 13.2. The number of nitrogens with two attached hydrogens (primary N) is 1. The van der Waals surface area contributed by atoms with Crippen LogP contribution in [0.4, 0.5) is 10.1 Å². The van der Waals surface area contributed by atoms with Crippen molar-refractivity contribution < 1.29 is 19.5 Å². The van der Waals surface area contributed by atoms with E-state index >= 15 is 0 Å². The molecular formula is C8H8ClFN2O4. The first-order valence-corrected chi connectivity index (χ1v) is 4.49. The number of nitro benzene ring substituents is 1. The molecule has 0 amide bonds. The first-order chi connectivity index (χ1) is 7.40. The molecule has 0 aliphatic heterocycles. The summed E-state index contributed by atoms with van der Waals surface area (Å²) < 4.78 is 13.2. The standard InChI is InChI=1S/C8H8ClFN2O4/c9-4-1-3(5(11)2-13)8(14)7(6(4)10)12(15)16/h1,5,13-14H,2,11H2/t5-/m0/s1. The highest BCUT2D eigenvalue weighted by Crippen LogP contribution is 2.38. The number of phenols is 1. The lowest BCUT2D eigenvalue weighted by atomic mass is 10.1. The summed E-state index contributed by atoms with van der Waals surface area (Å²) in [6.07, 6.45) is 0. The van der Waals surface area contributed by atoms with Crippen LogP contribution in [0.1, 0.15) is 11.6 Å². The molecule has 16 heavy (non-hydrogen) atoms. The Bertz CT molecular complexity index is 441. The first-order valence-electron chi connectivity index (χ1n) is 4.11. The average molecular weight is 251 g/mol. The third-order valence-electron chi connectivity index (χ3n) is 1.98. The number of nitro groups is 1. The molecule has 0 aromatic heterocycles. The van der Waals surface area contributed by atoms with E-state index in [0.717, 1.165) is 6.07 Å². The number of aliphatic hydroxyl groups is 1. The molecule has 1 aromatic rings. The molecule has 0 saturated heterocycles. The number of hydrogen-bond donors (Lipinski definition) is 3. The van der Waals surface area contributed by atoms with Gasteiger partial charge in [-0.05, 0) is 6.07 Å². The molecule has 88 valence electrons. The van der Waals surface area contributed by atoms with E-state index in [9.17, 15) is 19.6 Å². The van der Waals surface area contributed by atoms with Gasteiger partial charge in [0.05, 0.1) is 22.6 Å². The Labute approximate surface area is 94.2 Å². The third kappa shape index (κ3) is 2.06. The van der Waals surface area contributed by atoms with Gasteiger partial charge in [0.25, 0.3) is 0 Å². The molecule has 0 aliphatic rings. The van der Waals surface area contributed by atoms with Crippen LogP contribution in [0.15, 0.2) is 6.07 Å². The molecule has 1 rings (SSSR count). The second kappa shape index (κ2) is 4.60. The van der Waals surface area contributed by atoms with E-state index < -0.39 is 39.8 Å². The Kier molecular flexibility index (Phi) is 3.63. The van der Waals surface area contributed by atoms with Crippen molar-refractivity contribution in [2.45, 2.75) is 6.04 Å². The molecule has 0 radical (unpaired) electrons. The van der Waals surface area contributed by atoms with Gasteiger partial charge in [-0.1, -0.05) is 11.6 Å². The van der Waals surface area contributed by atoms with Crippen LogP contribution in [-0.2, 0) is 0 Å². The molecule has 0 fully saturated rings. The highest BCUT2D eigenvalue weighted by molar-refractivity contribution is 6.31. The van der Waals surface area contributed by atoms with E-state index in [4.69, 9.17) is 22.4 Å². The second-order valence-electron chi connectivity index (χ2n) is 3.00. The molecule has 0 heterocycles. The van der Waals surface area contributed by atoms with Crippen LogP contribution in [0.2, 0.25) is 5.02 Å². The molecule has 1 atom stereocenters. The summed E-state index contributed by atoms with van der Waals surface area (Å²) in [6.45, 7) is -0.563. The number of nitrogens with zero attached hydrogens (tertiary/aromatic N) is 1. The number of rotatable bonds is 3. The van der Waals surface area contributed by atoms with Gasteiger partial charge in [-0.2, -0.15) is 4.39 Å². The lowest BCUT2D eigenvalue weighted by Crippen LogP contribution is -2.15. The van der Waals surface area contributed by atoms with Gasteiger partial charge in [-0.15, -0.1) is 0 Å². The summed E-state index contributed by atoms with van der Waals surface area (Å²) in [7, 11) is 0. The van der Waals surface area contributed by atoms with E-state index in [1.165, 1.54) is 0 Å². The molecule has 0 spiro atoms. The largest absolute Gasteiger partial charge is 0.502 e. The highest BCUT2D eigenvalue weighted by Gasteiger charge is 2.28. The number of aliphatic hydroxyl groups excluding tert-OH is 1. The lowest BCUT2D eigenvalue weighted by Gasteiger charge is -2.11. The Morgan fingerprint density at radius 1 is 1.69 bits per heavy atom. The van der Waals surface area contributed by atoms with E-state index in [-0.39, 0.29) is 5.56 Å². The fraction of sp³-hybridized carbons (Fsp3) is 0.250. The van der Waals surface area contributed by atoms with Gasteiger partial charge in [-0.3, -0.25) is 10.1 Å². The number of phenolic OH excluding ortho intramolecular Hbond substituents is 1. The van der Waals surface area contributed by atoms with Gasteiger partial charge in [-0.25, -0.2) is 0 Å². The first kappa shape index (κ1) is 12.6. The van der Waals surface area contributed by atoms with Crippen molar-refractivity contribution in [1.29, 1.82) is 0 Å². The molecule has 4 N–H and O–H groups in total. The van der Waals surface area contributed by atoms with Crippen molar-refractivity contribution >= 4 is 17.3 Å². The molecule has 1 aromatic carbocycles. The maximum absolute atomic E-state index is 13.2. The van der Waals surface area contributed by atoms with Crippen LogP contribution < -0.4 is 5.73 Å². The summed E-state index contributed by atoms with van der Waals surface area (Å²) in [5.41, 5.74) is 4.04. The van der Waals surface area contributed by atoms with Gasteiger partial charge >= 0.3 is 5.69 Å². The number of halogens is 2. The summed E-state index contributed by atoms with van der Waals surface area (Å²) >= 11 is 5.41. The van der Waals surface area contributed by atoms with Crippen LogP contribution in [-0.4, -0.2) is 21.7 Å². The third-order valence-corrected chi connectivity index (χ3v) is 2.25. The average Bonchev–Trinajstić information content (AvgIpc) is 2.22. The van der Waals surface area contributed by atoms with E-state index in [2.05, 4.69) is 0 Å². The monoisotopic (exact) mass is 250 g/mol. The molecule has 0 unspecified atom stereocenters.